The molecule has 1 radical (unpaired) electrons. The van der Waals surface area contributed by atoms with Crippen molar-refractivity contribution in [3.8, 4) is 0 Å². The summed E-state index contributed by atoms with van der Waals surface area (Å²) in [6, 6.07) is 0. The molecule has 0 nitrogen and oxygen atoms in total. The minimum atomic E-state index is 0.980. The van der Waals surface area contributed by atoms with Gasteiger partial charge in [-0.1, -0.05) is 96.1 Å². The van der Waals surface area contributed by atoms with E-state index in [1.807, 2.05) is 6.08 Å². The summed E-state index contributed by atoms with van der Waals surface area (Å²) < 4.78 is 0. The molecular formula is C25H28B. The third-order valence-electron chi connectivity index (χ3n) is 4.15. The molecule has 0 atom stereocenters. The van der Waals surface area contributed by atoms with Crippen molar-refractivity contribution in [3.63, 3.8) is 0 Å². The van der Waals surface area contributed by atoms with Crippen LogP contribution in [-0.2, 0) is 0 Å². The van der Waals surface area contributed by atoms with Crippen molar-refractivity contribution in [3.05, 3.63) is 119 Å². The van der Waals surface area contributed by atoms with Crippen LogP contribution in [-0.4, -0.2) is 7.28 Å². The van der Waals surface area contributed by atoms with Gasteiger partial charge in [0.05, 0.1) is 0 Å². The molecule has 0 aromatic rings. The molecule has 0 bridgehead atoms. The lowest BCUT2D eigenvalue weighted by Crippen LogP contribution is -1.99. The van der Waals surface area contributed by atoms with Crippen molar-refractivity contribution in [2.24, 2.45) is 0 Å². The van der Waals surface area contributed by atoms with E-state index in [2.05, 4.69) is 101 Å². The van der Waals surface area contributed by atoms with Gasteiger partial charge in [0.1, 0.15) is 0 Å². The van der Waals surface area contributed by atoms with E-state index in [1.165, 1.54) is 27.8 Å². The lowest BCUT2D eigenvalue weighted by molar-refractivity contribution is 1.18. The normalized spacial score (nSPS) is 17.6. The maximum absolute atomic E-state index is 3.76. The van der Waals surface area contributed by atoms with Gasteiger partial charge in [0.15, 0.2) is 7.28 Å². The predicted molar refractivity (Wildman–Crippen MR) is 118 cm³/mol. The Morgan fingerprint density at radius 3 is 2.65 bits per heavy atom. The van der Waals surface area contributed by atoms with E-state index >= 15 is 0 Å². The molecule has 0 fully saturated rings. The molecule has 2 aliphatic rings. The third kappa shape index (κ3) is 6.40. The Morgan fingerprint density at radius 1 is 1.08 bits per heavy atom. The second-order valence-corrected chi connectivity index (χ2v) is 6.82. The Kier molecular flexibility index (Phi) is 7.96. The highest BCUT2D eigenvalue weighted by atomic mass is 14.1. The zero-order valence-electron chi connectivity index (χ0n) is 16.2. The van der Waals surface area contributed by atoms with Gasteiger partial charge in [-0.05, 0) is 50.3 Å². The third-order valence-corrected chi connectivity index (χ3v) is 4.15. The van der Waals surface area contributed by atoms with Crippen LogP contribution in [0.15, 0.2) is 119 Å². The summed E-state index contributed by atoms with van der Waals surface area (Å²) in [5.41, 5.74) is 7.80. The molecule has 131 valence electrons. The Balaban J connectivity index is 2.26. The summed E-state index contributed by atoms with van der Waals surface area (Å²) in [4.78, 5) is 0. The van der Waals surface area contributed by atoms with Gasteiger partial charge < -0.3 is 0 Å². The fraction of sp³-hybridized carbons (Fsp3) is 0.200. The zero-order chi connectivity index (χ0) is 18.8. The largest absolute Gasteiger partial charge is 0.177 e. The molecule has 0 spiro atoms. The molecule has 0 aromatic carbocycles. The van der Waals surface area contributed by atoms with E-state index in [9.17, 15) is 0 Å². The zero-order valence-corrected chi connectivity index (χ0v) is 16.2. The van der Waals surface area contributed by atoms with Gasteiger partial charge in [-0.2, -0.15) is 0 Å². The van der Waals surface area contributed by atoms with Gasteiger partial charge in [-0.3, -0.25) is 0 Å². The van der Waals surface area contributed by atoms with Gasteiger partial charge in [0, 0.05) is 0 Å². The summed E-state index contributed by atoms with van der Waals surface area (Å²) in [6.45, 7) is 10.2. The van der Waals surface area contributed by atoms with Gasteiger partial charge in [-0.15, -0.1) is 5.98 Å². The van der Waals surface area contributed by atoms with E-state index in [1.54, 1.807) is 6.08 Å². The highest BCUT2D eigenvalue weighted by Crippen LogP contribution is 2.28. The van der Waals surface area contributed by atoms with Crippen molar-refractivity contribution in [2.45, 2.75) is 33.6 Å². The van der Waals surface area contributed by atoms with Gasteiger partial charge in [0.2, 0.25) is 0 Å². The van der Waals surface area contributed by atoms with E-state index in [4.69, 9.17) is 0 Å². The molecule has 2 aliphatic carbocycles. The van der Waals surface area contributed by atoms with Crippen LogP contribution < -0.4 is 0 Å². The van der Waals surface area contributed by atoms with Crippen LogP contribution in [0.5, 0.6) is 0 Å². The average Bonchev–Trinajstić information content (AvgIpc) is 2.92. The second kappa shape index (κ2) is 10.5. The first-order chi connectivity index (χ1) is 12.6. The molecule has 0 heterocycles. The minimum Gasteiger partial charge on any atom is -0.116 e. The molecule has 0 aromatic heterocycles. The number of rotatable bonds is 6. The number of hydrogen-bond acceptors (Lipinski definition) is 0. The summed E-state index contributed by atoms with van der Waals surface area (Å²) in [5.74, 6) is 2.15. The summed E-state index contributed by atoms with van der Waals surface area (Å²) >= 11 is 0. The minimum absolute atomic E-state index is 0.980. The standard InChI is InChI=1S/C25H28B/c1-5-6-10-22(15-13-20(2)3)17-18-26-25-19-21(4)14-16-23-11-8-7-9-12-24(23)25/h5-6,8-18H,1,7,19H2,2-4H3/b10-6-,18-17+,22-15-. The SMILES string of the molecule is C=C\C=C/C(/C=C/[B]C1=C2C=CCC=CC2=CC=C(C)C1)=C/C=C(C)C. The van der Waals surface area contributed by atoms with Crippen LogP contribution in [0.3, 0.4) is 0 Å². The molecular weight excluding hydrogens is 311 g/mol. The van der Waals surface area contributed by atoms with Crippen LogP contribution in [0.1, 0.15) is 33.6 Å². The maximum Gasteiger partial charge on any atom is 0.177 e. The average molecular weight is 339 g/mol. The Labute approximate surface area is 160 Å². The van der Waals surface area contributed by atoms with Crippen LogP contribution >= 0.6 is 0 Å². The first-order valence-corrected chi connectivity index (χ1v) is 9.20. The van der Waals surface area contributed by atoms with Crippen LogP contribution in [0.25, 0.3) is 0 Å². The molecule has 1 heteroatoms. The smallest absolute Gasteiger partial charge is 0.116 e. The van der Waals surface area contributed by atoms with E-state index < -0.39 is 0 Å². The molecule has 0 unspecified atom stereocenters. The van der Waals surface area contributed by atoms with Gasteiger partial charge in [-0.25, -0.2) is 0 Å². The molecule has 0 saturated carbocycles. The summed E-state index contributed by atoms with van der Waals surface area (Å²) in [7, 11) is 2.24. The van der Waals surface area contributed by atoms with Crippen LogP contribution in [0.2, 0.25) is 0 Å². The Hall–Kier alpha value is -2.54. The Morgan fingerprint density at radius 2 is 1.88 bits per heavy atom. The Bertz CT molecular complexity index is 795. The van der Waals surface area contributed by atoms with Gasteiger partial charge >= 0.3 is 0 Å². The lowest BCUT2D eigenvalue weighted by atomic mass is 9.64. The topological polar surface area (TPSA) is 0 Å². The number of fused-ring (bicyclic) bond motifs is 1. The first kappa shape index (κ1) is 19.8. The van der Waals surface area contributed by atoms with Crippen LogP contribution in [0.4, 0.5) is 0 Å². The fourth-order valence-corrected chi connectivity index (χ4v) is 2.80. The fourth-order valence-electron chi connectivity index (χ4n) is 2.80. The first-order valence-electron chi connectivity index (χ1n) is 9.20. The van der Waals surface area contributed by atoms with Crippen molar-refractivity contribution in [1.29, 1.82) is 0 Å². The number of hydrogen-bond donors (Lipinski definition) is 0. The van der Waals surface area contributed by atoms with Gasteiger partial charge in [0.25, 0.3) is 0 Å². The molecule has 0 amide bonds. The molecule has 2 rings (SSSR count). The van der Waals surface area contributed by atoms with Crippen molar-refractivity contribution >= 4 is 7.28 Å². The second-order valence-electron chi connectivity index (χ2n) is 6.82. The molecule has 0 saturated heterocycles. The maximum atomic E-state index is 3.76. The summed E-state index contributed by atoms with van der Waals surface area (Å²) in [5, 5.41) is 0. The quantitative estimate of drug-likeness (QED) is 0.365. The van der Waals surface area contributed by atoms with E-state index in [0.29, 0.717) is 0 Å². The highest BCUT2D eigenvalue weighted by molar-refractivity contribution is 6.51. The van der Waals surface area contributed by atoms with Crippen LogP contribution in [0, 0.1) is 0 Å². The van der Waals surface area contributed by atoms with Crippen molar-refractivity contribution < 1.29 is 0 Å². The predicted octanol–water partition coefficient (Wildman–Crippen LogP) is 6.89. The monoisotopic (exact) mass is 339 g/mol. The van der Waals surface area contributed by atoms with Crippen molar-refractivity contribution in [2.75, 3.05) is 0 Å². The van der Waals surface area contributed by atoms with E-state index in [-0.39, 0.29) is 0 Å². The highest BCUT2D eigenvalue weighted by Gasteiger charge is 2.12. The summed E-state index contributed by atoms with van der Waals surface area (Å²) in [6.07, 6.45) is 27.6. The lowest BCUT2D eigenvalue weighted by Gasteiger charge is -2.10. The van der Waals surface area contributed by atoms with Crippen molar-refractivity contribution in [1.82, 2.24) is 0 Å². The molecule has 26 heavy (non-hydrogen) atoms. The van der Waals surface area contributed by atoms with E-state index in [0.717, 1.165) is 18.4 Å². The molecule has 0 aliphatic heterocycles. The molecule has 0 N–H and O–H groups in total. The number of allylic oxidation sites excluding steroid dienone is 18.